The molecule has 19 heavy (non-hydrogen) atoms. The Hall–Kier alpha value is -1.75. The minimum atomic E-state index is 0.763. The van der Waals surface area contributed by atoms with Crippen molar-refractivity contribution in [3.05, 3.63) is 41.5 Å². The highest BCUT2D eigenvalue weighted by Gasteiger charge is 2.03. The van der Waals surface area contributed by atoms with E-state index < -0.39 is 0 Å². The third-order valence-electron chi connectivity index (χ3n) is 2.87. The highest BCUT2D eigenvalue weighted by Crippen LogP contribution is 2.18. The summed E-state index contributed by atoms with van der Waals surface area (Å²) in [6.45, 7) is 2.88. The van der Waals surface area contributed by atoms with Crippen LogP contribution in [0.15, 0.2) is 35.5 Å². The molecule has 0 atom stereocenters. The standard InChI is InChI=1S/C14H18N4S/c1-10-6-4-5-7-11(10)9-16-13-8-12(15-2)17-14(18-13)19-3/h4-8H,9H2,1-3H3,(H2,15,16,17,18). The molecule has 4 nitrogen and oxygen atoms in total. The smallest absolute Gasteiger partial charge is 0.191 e. The Morgan fingerprint density at radius 3 is 2.58 bits per heavy atom. The van der Waals surface area contributed by atoms with Crippen LogP contribution in [0.25, 0.3) is 0 Å². The molecule has 1 heterocycles. The molecule has 100 valence electrons. The quantitative estimate of drug-likeness (QED) is 0.648. The number of thioether (sulfide) groups is 1. The fourth-order valence-electron chi connectivity index (χ4n) is 1.73. The van der Waals surface area contributed by atoms with E-state index in [1.54, 1.807) is 0 Å². The Kier molecular flexibility index (Phi) is 4.63. The third-order valence-corrected chi connectivity index (χ3v) is 3.41. The van der Waals surface area contributed by atoms with E-state index in [4.69, 9.17) is 0 Å². The van der Waals surface area contributed by atoms with Gasteiger partial charge < -0.3 is 10.6 Å². The summed E-state index contributed by atoms with van der Waals surface area (Å²) < 4.78 is 0. The molecule has 1 aromatic heterocycles. The molecule has 0 radical (unpaired) electrons. The molecule has 1 aromatic carbocycles. The Balaban J connectivity index is 2.13. The van der Waals surface area contributed by atoms with Gasteiger partial charge in [-0.15, -0.1) is 0 Å². The number of rotatable bonds is 5. The third kappa shape index (κ3) is 3.61. The van der Waals surface area contributed by atoms with Crippen molar-refractivity contribution >= 4 is 23.4 Å². The zero-order valence-corrected chi connectivity index (χ0v) is 12.2. The average Bonchev–Trinajstić information content (AvgIpc) is 2.46. The summed E-state index contributed by atoms with van der Waals surface area (Å²) >= 11 is 1.54. The number of benzene rings is 1. The normalized spacial score (nSPS) is 10.3. The van der Waals surface area contributed by atoms with Crippen LogP contribution in [-0.2, 0) is 6.54 Å². The second-order valence-electron chi connectivity index (χ2n) is 4.16. The number of hydrogen-bond acceptors (Lipinski definition) is 5. The zero-order valence-electron chi connectivity index (χ0n) is 11.4. The number of anilines is 2. The largest absolute Gasteiger partial charge is 0.373 e. The van der Waals surface area contributed by atoms with Crippen LogP contribution < -0.4 is 10.6 Å². The SMILES string of the molecule is CNc1cc(NCc2ccccc2C)nc(SC)n1. The molecule has 0 bridgehead atoms. The van der Waals surface area contributed by atoms with Crippen LogP contribution in [0.2, 0.25) is 0 Å². The molecule has 2 aromatic rings. The van der Waals surface area contributed by atoms with Gasteiger partial charge in [0.25, 0.3) is 0 Å². The molecule has 0 fully saturated rings. The van der Waals surface area contributed by atoms with Crippen LogP contribution >= 0.6 is 11.8 Å². The molecule has 0 aliphatic heterocycles. The fourth-order valence-corrected chi connectivity index (χ4v) is 2.11. The van der Waals surface area contributed by atoms with Gasteiger partial charge in [0.15, 0.2) is 5.16 Å². The van der Waals surface area contributed by atoms with Gasteiger partial charge in [-0.2, -0.15) is 0 Å². The molecule has 2 rings (SSSR count). The molecule has 0 aliphatic rings. The maximum atomic E-state index is 4.45. The molecule has 5 heteroatoms. The van der Waals surface area contributed by atoms with Crippen molar-refractivity contribution in [2.45, 2.75) is 18.6 Å². The van der Waals surface area contributed by atoms with Gasteiger partial charge in [-0.3, -0.25) is 0 Å². The van der Waals surface area contributed by atoms with E-state index in [0.29, 0.717) is 0 Å². The zero-order chi connectivity index (χ0) is 13.7. The first-order chi connectivity index (χ1) is 9.22. The van der Waals surface area contributed by atoms with E-state index >= 15 is 0 Å². The van der Waals surface area contributed by atoms with Crippen LogP contribution in [-0.4, -0.2) is 23.3 Å². The second-order valence-corrected chi connectivity index (χ2v) is 4.93. The summed E-state index contributed by atoms with van der Waals surface area (Å²) in [5, 5.41) is 7.16. The van der Waals surface area contributed by atoms with E-state index in [0.717, 1.165) is 23.3 Å². The summed E-state index contributed by atoms with van der Waals surface area (Å²) in [5.74, 6) is 1.67. The van der Waals surface area contributed by atoms with E-state index in [9.17, 15) is 0 Å². The molecule has 0 saturated heterocycles. The van der Waals surface area contributed by atoms with E-state index in [-0.39, 0.29) is 0 Å². The maximum Gasteiger partial charge on any atom is 0.191 e. The van der Waals surface area contributed by atoms with Crippen LogP contribution in [0.1, 0.15) is 11.1 Å². The number of nitrogens with one attached hydrogen (secondary N) is 2. The highest BCUT2D eigenvalue weighted by atomic mass is 32.2. The van der Waals surface area contributed by atoms with Crippen molar-refractivity contribution < 1.29 is 0 Å². The minimum Gasteiger partial charge on any atom is -0.373 e. The summed E-state index contributed by atoms with van der Waals surface area (Å²) in [4.78, 5) is 8.79. The van der Waals surface area contributed by atoms with Crippen LogP contribution in [0.4, 0.5) is 11.6 Å². The molecular weight excluding hydrogens is 256 g/mol. The first-order valence-electron chi connectivity index (χ1n) is 6.12. The van der Waals surface area contributed by atoms with Gasteiger partial charge in [-0.25, -0.2) is 9.97 Å². The van der Waals surface area contributed by atoms with Crippen LogP contribution in [0.5, 0.6) is 0 Å². The van der Waals surface area contributed by atoms with Crippen molar-refractivity contribution in [3.8, 4) is 0 Å². The molecule has 0 saturated carbocycles. The van der Waals surface area contributed by atoms with Crippen molar-refractivity contribution in [3.63, 3.8) is 0 Å². The summed E-state index contributed by atoms with van der Waals surface area (Å²) in [6.07, 6.45) is 1.97. The predicted molar refractivity (Wildman–Crippen MR) is 81.9 cm³/mol. The molecule has 0 amide bonds. The average molecular weight is 274 g/mol. The van der Waals surface area contributed by atoms with E-state index in [1.165, 1.54) is 22.9 Å². The van der Waals surface area contributed by atoms with Crippen LogP contribution in [0.3, 0.4) is 0 Å². The molecule has 0 spiro atoms. The van der Waals surface area contributed by atoms with Gasteiger partial charge in [0.1, 0.15) is 11.6 Å². The van der Waals surface area contributed by atoms with E-state index in [1.807, 2.05) is 19.4 Å². The van der Waals surface area contributed by atoms with Gasteiger partial charge in [0, 0.05) is 19.7 Å². The second kappa shape index (κ2) is 6.43. The number of aromatic nitrogens is 2. The van der Waals surface area contributed by atoms with Crippen molar-refractivity contribution in [2.24, 2.45) is 0 Å². The lowest BCUT2D eigenvalue weighted by molar-refractivity contribution is 0.956. The summed E-state index contributed by atoms with van der Waals surface area (Å²) in [5.41, 5.74) is 2.56. The Bertz CT molecular complexity index is 535. The van der Waals surface area contributed by atoms with Gasteiger partial charge in [-0.05, 0) is 24.3 Å². The molecular formula is C14H18N4S. The van der Waals surface area contributed by atoms with E-state index in [2.05, 4.69) is 51.8 Å². The van der Waals surface area contributed by atoms with Crippen molar-refractivity contribution in [1.82, 2.24) is 9.97 Å². The Morgan fingerprint density at radius 1 is 1.16 bits per heavy atom. The topological polar surface area (TPSA) is 49.8 Å². The van der Waals surface area contributed by atoms with Gasteiger partial charge in [0.2, 0.25) is 0 Å². The first-order valence-corrected chi connectivity index (χ1v) is 7.34. The summed E-state index contributed by atoms with van der Waals surface area (Å²) in [7, 11) is 1.86. The Labute approximate surface area is 118 Å². The van der Waals surface area contributed by atoms with Crippen molar-refractivity contribution in [2.75, 3.05) is 23.9 Å². The summed E-state index contributed by atoms with van der Waals surface area (Å²) in [6, 6.07) is 10.3. The fraction of sp³-hybridized carbons (Fsp3) is 0.286. The number of aryl methyl sites for hydroxylation is 1. The monoisotopic (exact) mass is 274 g/mol. The molecule has 2 N–H and O–H groups in total. The van der Waals surface area contributed by atoms with Crippen molar-refractivity contribution in [1.29, 1.82) is 0 Å². The lowest BCUT2D eigenvalue weighted by Crippen LogP contribution is -2.05. The number of nitrogens with zero attached hydrogens (tertiary/aromatic N) is 2. The number of hydrogen-bond donors (Lipinski definition) is 2. The first kappa shape index (κ1) is 13.7. The predicted octanol–water partition coefficient (Wildman–Crippen LogP) is 3.16. The Morgan fingerprint density at radius 2 is 1.89 bits per heavy atom. The van der Waals surface area contributed by atoms with Gasteiger partial charge in [0.05, 0.1) is 0 Å². The lowest BCUT2D eigenvalue weighted by Gasteiger charge is -2.10. The lowest BCUT2D eigenvalue weighted by atomic mass is 10.1. The minimum absolute atomic E-state index is 0.763. The maximum absolute atomic E-state index is 4.45. The van der Waals surface area contributed by atoms with Crippen LogP contribution in [0, 0.1) is 6.92 Å². The molecule has 0 unspecified atom stereocenters. The highest BCUT2D eigenvalue weighted by molar-refractivity contribution is 7.98. The van der Waals surface area contributed by atoms with Gasteiger partial charge in [-0.1, -0.05) is 36.0 Å². The van der Waals surface area contributed by atoms with Gasteiger partial charge >= 0.3 is 0 Å². The molecule has 0 aliphatic carbocycles.